The maximum Gasteiger partial charge on any atom is 1.00 e. The van der Waals surface area contributed by atoms with E-state index in [4.69, 9.17) is 9.69 Å². The number of aromatic nitrogens is 4. The van der Waals surface area contributed by atoms with Crippen LogP contribution in [-0.2, 0) is 37.5 Å². The Morgan fingerprint density at radius 1 is 0.683 bits per heavy atom. The maximum absolute atomic E-state index is 12.6. The van der Waals surface area contributed by atoms with Crippen molar-refractivity contribution in [2.45, 2.75) is 23.6 Å². The molecule has 0 atom stereocenters. The zero-order valence-corrected chi connectivity index (χ0v) is 35.8. The van der Waals surface area contributed by atoms with Gasteiger partial charge < -0.3 is 10.2 Å². The van der Waals surface area contributed by atoms with Gasteiger partial charge in [-0.1, -0.05) is 24.3 Å². The van der Waals surface area contributed by atoms with E-state index in [-0.39, 0.29) is 80.3 Å². The van der Waals surface area contributed by atoms with Gasteiger partial charge in [0.2, 0.25) is 15.8 Å². The summed E-state index contributed by atoms with van der Waals surface area (Å²) >= 11 is 0. The molecule has 0 fully saturated rings. The molecule has 0 aliphatic rings. The minimum Gasteiger partial charge on any atom is -0.505 e. The predicted molar refractivity (Wildman–Crippen MR) is 201 cm³/mol. The molecule has 2 aromatic heterocycles. The van der Waals surface area contributed by atoms with Crippen LogP contribution in [-0.4, -0.2) is 61.0 Å². The van der Waals surface area contributed by atoms with Crippen LogP contribution < -0.4 is 45.8 Å². The summed E-state index contributed by atoms with van der Waals surface area (Å²) < 4.78 is 57.1. The van der Waals surface area contributed by atoms with E-state index in [0.29, 0.717) is 29.2 Å². The fourth-order valence-electron chi connectivity index (χ4n) is 4.91. The van der Waals surface area contributed by atoms with Crippen molar-refractivity contribution >= 4 is 54.3 Å². The van der Waals surface area contributed by atoms with E-state index in [1.807, 2.05) is 0 Å². The number of benzene rings is 4. The van der Waals surface area contributed by atoms with Crippen molar-refractivity contribution in [2.75, 3.05) is 0 Å². The smallest absolute Gasteiger partial charge is 0.505 e. The number of primary sulfonamides is 1. The minimum atomic E-state index is -4.82. The normalized spacial score (nSPS) is 11.4. The van der Waals surface area contributed by atoms with Crippen molar-refractivity contribution in [1.29, 1.82) is 0 Å². The topological polar surface area (TPSA) is 366 Å². The zero-order valence-electron chi connectivity index (χ0n) is 30.9. The molecular weight excluding hydrogens is 886 g/mol. The van der Waals surface area contributed by atoms with Crippen LogP contribution in [0.5, 0.6) is 11.5 Å². The second-order valence-electron chi connectivity index (χ2n) is 11.7. The van der Waals surface area contributed by atoms with Crippen molar-refractivity contribution < 1.29 is 88.4 Å². The first-order valence-corrected chi connectivity index (χ1v) is 18.8. The second kappa shape index (κ2) is 19.3. The van der Waals surface area contributed by atoms with E-state index in [2.05, 4.69) is 30.7 Å². The quantitative estimate of drug-likeness (QED) is 0.0377. The molecule has 306 valence electrons. The van der Waals surface area contributed by atoms with Crippen LogP contribution in [0, 0.1) is 34.1 Å². The summed E-state index contributed by atoms with van der Waals surface area (Å²) in [6.07, 6.45) is 0. The standard InChI is InChI=1S/C16H14N6O6S.C16H13N5O7S.Cr.Na/c1-9-15(19-18-13-6-5-11(22(25)26)8-14(13)23)16(24)21(20-9)10-3-2-4-12(7-10)29(17,27)28;1-9-14(16(23)20(19-9)10-5-3-2-4-6-10)18-17-12-7-11(29(26,27)28)8-13(15(12)22)21(24)25;;/h2-8,20,23H,1H3,(H2,17,27,28);2-8,19,22H,1H3,(H,26,27,28);;/q;;;+1. The molecule has 0 spiro atoms. The zero-order chi connectivity index (χ0) is 42.7. The summed E-state index contributed by atoms with van der Waals surface area (Å²) in [5.41, 5.74) is -2.11. The number of nitrogens with two attached hydrogens (primary N) is 1. The van der Waals surface area contributed by atoms with Gasteiger partial charge in [-0.05, 0) is 56.3 Å². The number of hydrogen-bond acceptors (Lipinski definition) is 16. The van der Waals surface area contributed by atoms with Gasteiger partial charge in [-0.15, -0.1) is 20.5 Å². The summed E-state index contributed by atoms with van der Waals surface area (Å²) in [6.45, 7) is 3.08. The van der Waals surface area contributed by atoms with Crippen LogP contribution >= 0.6 is 0 Å². The van der Waals surface area contributed by atoms with Gasteiger partial charge in [0.25, 0.3) is 26.9 Å². The van der Waals surface area contributed by atoms with E-state index in [0.717, 1.165) is 16.8 Å². The number of nitrogens with zero attached hydrogens (tertiary/aromatic N) is 8. The van der Waals surface area contributed by atoms with Crippen LogP contribution in [0.15, 0.2) is 125 Å². The summed E-state index contributed by atoms with van der Waals surface area (Å²) in [7, 11) is -8.78. The number of azo groups is 2. The Morgan fingerprint density at radius 3 is 1.72 bits per heavy atom. The van der Waals surface area contributed by atoms with Crippen molar-refractivity contribution in [1.82, 2.24) is 19.6 Å². The number of non-ortho nitro benzene ring substituents is 1. The second-order valence-corrected chi connectivity index (χ2v) is 14.7. The van der Waals surface area contributed by atoms with Crippen molar-refractivity contribution in [3.8, 4) is 22.9 Å². The number of H-pyrrole nitrogens is 2. The molecule has 6 aromatic rings. The number of nitro groups is 2. The molecule has 0 radical (unpaired) electrons. The number of nitro benzene ring substituents is 2. The molecule has 0 amide bonds. The molecule has 0 aliphatic carbocycles. The Balaban J connectivity index is 0.000000310. The average Bonchev–Trinajstić information content (AvgIpc) is 3.61. The van der Waals surface area contributed by atoms with Gasteiger partial charge in [0.15, 0.2) is 11.4 Å². The number of phenolic OH excluding ortho intramolecular Hbond substituents is 2. The first kappa shape index (κ1) is 48.2. The monoisotopic (exact) mass is 912 g/mol. The molecule has 0 unspecified atom stereocenters. The Morgan fingerprint density at radius 2 is 1.22 bits per heavy atom. The number of sulfonamides is 1. The van der Waals surface area contributed by atoms with E-state index >= 15 is 0 Å². The molecule has 60 heavy (non-hydrogen) atoms. The molecule has 7 N–H and O–H groups in total. The van der Waals surface area contributed by atoms with Crippen LogP contribution in [0.1, 0.15) is 11.4 Å². The van der Waals surface area contributed by atoms with Crippen molar-refractivity contribution in [3.63, 3.8) is 0 Å². The molecule has 4 aromatic carbocycles. The summed E-state index contributed by atoms with van der Waals surface area (Å²) in [5.74, 6) is -1.44. The van der Waals surface area contributed by atoms with Gasteiger partial charge in [-0.2, -0.15) is 8.42 Å². The third-order valence-corrected chi connectivity index (χ3v) is 9.46. The van der Waals surface area contributed by atoms with Crippen LogP contribution in [0.4, 0.5) is 34.1 Å². The number of phenols is 2. The molecule has 0 saturated carbocycles. The fraction of sp³-hybridized carbons (Fsp3) is 0.0625. The van der Waals surface area contributed by atoms with Gasteiger partial charge in [0.1, 0.15) is 22.0 Å². The van der Waals surface area contributed by atoms with E-state index < -0.39 is 68.9 Å². The predicted octanol–water partition coefficient (Wildman–Crippen LogP) is 1.90. The van der Waals surface area contributed by atoms with E-state index in [1.54, 1.807) is 37.3 Å². The molecule has 28 heteroatoms. The van der Waals surface area contributed by atoms with Crippen LogP contribution in [0.25, 0.3) is 11.4 Å². The average molecular weight is 913 g/mol. The number of hydrogen-bond donors (Lipinski definition) is 6. The molecule has 24 nitrogen and oxygen atoms in total. The van der Waals surface area contributed by atoms with Gasteiger partial charge in [-0.25, -0.2) is 22.9 Å². The SMILES string of the molecule is Cc1[nH]n(-c2cccc(S(N)(=O)=O)c2)c(=O)c1N=Nc1ccc([N+](=O)[O-])cc1O.Cc1[nH]n(-c2ccccc2)c(=O)c1N=Nc1cc(S(=O)(=O)O)cc([N+](=O)[O-])c1O.[Cr].[Na+]. The van der Waals surface area contributed by atoms with Gasteiger partial charge >= 0.3 is 35.2 Å². The molecular formula is C32H27CrN11NaO13S2+. The number of aryl methyl sites for hydroxylation is 2. The maximum atomic E-state index is 12.6. The third-order valence-electron chi connectivity index (χ3n) is 7.72. The number of nitrogens with one attached hydrogen (secondary N) is 2. The van der Waals surface area contributed by atoms with Crippen molar-refractivity contribution in [2.24, 2.45) is 25.6 Å². The van der Waals surface area contributed by atoms with Gasteiger partial charge in [0.05, 0.1) is 43.6 Å². The summed E-state index contributed by atoms with van der Waals surface area (Å²) in [4.78, 5) is 44.2. The summed E-state index contributed by atoms with van der Waals surface area (Å²) in [5, 5.41) is 67.1. The largest absolute Gasteiger partial charge is 1.00 e. The van der Waals surface area contributed by atoms with Crippen LogP contribution in [0.2, 0.25) is 0 Å². The molecule has 6 rings (SSSR count). The Bertz CT molecular complexity index is 3020. The van der Waals surface area contributed by atoms with Gasteiger partial charge in [0, 0.05) is 29.5 Å². The molecule has 0 bridgehead atoms. The van der Waals surface area contributed by atoms with E-state index in [9.17, 15) is 56.9 Å². The number of aromatic amines is 2. The van der Waals surface area contributed by atoms with E-state index in [1.165, 1.54) is 41.9 Å². The first-order valence-electron chi connectivity index (χ1n) is 15.8. The number of aromatic hydroxyl groups is 2. The first-order chi connectivity index (χ1) is 27.2. The van der Waals surface area contributed by atoms with Gasteiger partial charge in [-0.3, -0.25) is 44.6 Å². The molecule has 0 saturated heterocycles. The fourth-order valence-corrected chi connectivity index (χ4v) is 5.99. The number of rotatable bonds is 10. The minimum absolute atomic E-state index is 0. The Labute approximate surface area is 369 Å². The molecule has 2 heterocycles. The third kappa shape index (κ3) is 10.9. The Hall–Kier alpha value is -6.15. The van der Waals surface area contributed by atoms with Crippen LogP contribution in [0.3, 0.4) is 0 Å². The molecule has 0 aliphatic heterocycles. The summed E-state index contributed by atoms with van der Waals surface area (Å²) in [6, 6.07) is 18.4. The van der Waals surface area contributed by atoms with Crippen molar-refractivity contribution in [3.05, 3.63) is 137 Å². The Kier molecular flexibility index (Phi) is 15.5. The number of para-hydroxylation sites is 1.